The summed E-state index contributed by atoms with van der Waals surface area (Å²) >= 11 is 5.81. The fraction of sp³-hybridized carbons (Fsp3) is 0.500. The zero-order chi connectivity index (χ0) is 13.7. The van der Waals surface area contributed by atoms with Gasteiger partial charge in [0.1, 0.15) is 0 Å². The molecule has 2 rings (SSSR count). The number of hydrogen-bond acceptors (Lipinski definition) is 4. The second-order valence-corrected chi connectivity index (χ2v) is 5.21. The molecule has 0 bridgehead atoms. The van der Waals surface area contributed by atoms with Crippen molar-refractivity contribution >= 4 is 17.4 Å². The number of piperazine rings is 1. The van der Waals surface area contributed by atoms with Crippen molar-refractivity contribution in [2.24, 2.45) is 0 Å². The molecule has 0 aliphatic carbocycles. The van der Waals surface area contributed by atoms with Crippen LogP contribution in [-0.2, 0) is 0 Å². The van der Waals surface area contributed by atoms with Crippen molar-refractivity contribution in [1.82, 2.24) is 9.80 Å². The van der Waals surface area contributed by atoms with Crippen LogP contribution in [0.5, 0.6) is 0 Å². The normalized spacial score (nSPS) is 17.6. The molecular weight excluding hydrogens is 264 g/mol. The van der Waals surface area contributed by atoms with Crippen molar-refractivity contribution in [2.75, 3.05) is 45.9 Å². The molecule has 0 saturated carbocycles. The number of Topliss-reactive ketones (excluding diaryl/α,β-unsaturated/α-hetero) is 1. The summed E-state index contributed by atoms with van der Waals surface area (Å²) in [6.07, 6.45) is 0. The minimum atomic E-state index is 0.132. The molecule has 5 heteroatoms. The summed E-state index contributed by atoms with van der Waals surface area (Å²) in [4.78, 5) is 16.5. The third-order valence-electron chi connectivity index (χ3n) is 3.41. The summed E-state index contributed by atoms with van der Waals surface area (Å²) in [5, 5.41) is 9.53. The number of benzene rings is 1. The fourth-order valence-electron chi connectivity index (χ4n) is 2.24. The number of ketones is 1. The lowest BCUT2D eigenvalue weighted by Gasteiger charge is -2.33. The number of aliphatic hydroxyl groups excluding tert-OH is 1. The van der Waals surface area contributed by atoms with E-state index in [1.54, 1.807) is 24.3 Å². The molecular formula is C14H19ClN2O2. The van der Waals surface area contributed by atoms with Gasteiger partial charge in [0.2, 0.25) is 0 Å². The number of halogens is 1. The van der Waals surface area contributed by atoms with Crippen LogP contribution in [0.4, 0.5) is 0 Å². The van der Waals surface area contributed by atoms with Gasteiger partial charge in [-0.25, -0.2) is 0 Å². The predicted molar refractivity (Wildman–Crippen MR) is 75.7 cm³/mol. The van der Waals surface area contributed by atoms with Crippen molar-refractivity contribution < 1.29 is 9.90 Å². The van der Waals surface area contributed by atoms with Gasteiger partial charge >= 0.3 is 0 Å². The summed E-state index contributed by atoms with van der Waals surface area (Å²) in [6.45, 7) is 4.94. The van der Waals surface area contributed by atoms with E-state index in [4.69, 9.17) is 16.7 Å². The number of carbonyl (C=O) groups excluding carboxylic acids is 1. The van der Waals surface area contributed by atoms with E-state index in [0.29, 0.717) is 17.1 Å². The van der Waals surface area contributed by atoms with Crippen LogP contribution in [0.3, 0.4) is 0 Å². The second kappa shape index (κ2) is 7.01. The van der Waals surface area contributed by atoms with Crippen LogP contribution < -0.4 is 0 Å². The van der Waals surface area contributed by atoms with Gasteiger partial charge in [-0.2, -0.15) is 0 Å². The first-order valence-corrected chi connectivity index (χ1v) is 6.91. The maximum absolute atomic E-state index is 12.1. The number of aliphatic hydroxyl groups is 1. The highest BCUT2D eigenvalue weighted by molar-refractivity contribution is 6.30. The van der Waals surface area contributed by atoms with Gasteiger partial charge in [0.15, 0.2) is 5.78 Å². The smallest absolute Gasteiger partial charge is 0.176 e. The van der Waals surface area contributed by atoms with Gasteiger partial charge in [0.05, 0.1) is 13.2 Å². The molecule has 1 aliphatic rings. The molecule has 4 nitrogen and oxygen atoms in total. The SMILES string of the molecule is O=C(CN1CCN(CCO)CC1)c1ccc(Cl)cc1. The van der Waals surface area contributed by atoms with E-state index < -0.39 is 0 Å². The predicted octanol–water partition coefficient (Wildman–Crippen LogP) is 1.13. The Kier molecular flexibility index (Phi) is 5.34. The molecule has 1 N–H and O–H groups in total. The maximum Gasteiger partial charge on any atom is 0.176 e. The Morgan fingerprint density at radius 3 is 2.26 bits per heavy atom. The van der Waals surface area contributed by atoms with E-state index in [0.717, 1.165) is 32.7 Å². The number of carbonyl (C=O) groups is 1. The van der Waals surface area contributed by atoms with Gasteiger partial charge < -0.3 is 5.11 Å². The summed E-state index contributed by atoms with van der Waals surface area (Å²) < 4.78 is 0. The Morgan fingerprint density at radius 2 is 1.68 bits per heavy atom. The maximum atomic E-state index is 12.1. The van der Waals surface area contributed by atoms with Gasteiger partial charge in [0, 0.05) is 43.3 Å². The van der Waals surface area contributed by atoms with Crippen LogP contribution in [0.1, 0.15) is 10.4 Å². The molecule has 1 heterocycles. The average Bonchev–Trinajstić information content (AvgIpc) is 2.42. The van der Waals surface area contributed by atoms with E-state index in [2.05, 4.69) is 9.80 Å². The van der Waals surface area contributed by atoms with E-state index >= 15 is 0 Å². The van der Waals surface area contributed by atoms with Crippen LogP contribution in [-0.4, -0.2) is 66.6 Å². The molecule has 0 unspecified atom stereocenters. The Balaban J connectivity index is 1.82. The Bertz CT molecular complexity index is 414. The van der Waals surface area contributed by atoms with Crippen molar-refractivity contribution in [3.8, 4) is 0 Å². The van der Waals surface area contributed by atoms with Gasteiger partial charge in [0.25, 0.3) is 0 Å². The Hall–Kier alpha value is -0.940. The third-order valence-corrected chi connectivity index (χ3v) is 3.67. The third kappa shape index (κ3) is 4.28. The van der Waals surface area contributed by atoms with Gasteiger partial charge in [-0.15, -0.1) is 0 Å². The van der Waals surface area contributed by atoms with Crippen LogP contribution in [0.15, 0.2) is 24.3 Å². The quantitative estimate of drug-likeness (QED) is 0.823. The lowest BCUT2D eigenvalue weighted by molar-refractivity contribution is 0.0822. The zero-order valence-electron chi connectivity index (χ0n) is 10.9. The molecule has 0 aromatic heterocycles. The fourth-order valence-corrected chi connectivity index (χ4v) is 2.37. The van der Waals surface area contributed by atoms with E-state index in [1.165, 1.54) is 0 Å². The molecule has 0 spiro atoms. The highest BCUT2D eigenvalue weighted by Crippen LogP contribution is 2.11. The molecule has 1 aromatic rings. The van der Waals surface area contributed by atoms with Gasteiger partial charge in [-0.3, -0.25) is 14.6 Å². The highest BCUT2D eigenvalue weighted by atomic mass is 35.5. The van der Waals surface area contributed by atoms with Crippen molar-refractivity contribution in [2.45, 2.75) is 0 Å². The molecule has 19 heavy (non-hydrogen) atoms. The summed E-state index contributed by atoms with van der Waals surface area (Å²) in [7, 11) is 0. The van der Waals surface area contributed by atoms with Crippen LogP contribution >= 0.6 is 11.6 Å². The molecule has 0 amide bonds. The molecule has 0 atom stereocenters. The van der Waals surface area contributed by atoms with Gasteiger partial charge in [-0.1, -0.05) is 11.6 Å². The van der Waals surface area contributed by atoms with Crippen molar-refractivity contribution in [3.63, 3.8) is 0 Å². The van der Waals surface area contributed by atoms with E-state index in [-0.39, 0.29) is 12.4 Å². The van der Waals surface area contributed by atoms with Crippen molar-refractivity contribution in [1.29, 1.82) is 0 Å². The lowest BCUT2D eigenvalue weighted by Crippen LogP contribution is -2.48. The molecule has 1 fully saturated rings. The first-order chi connectivity index (χ1) is 9.19. The van der Waals surface area contributed by atoms with Gasteiger partial charge in [-0.05, 0) is 24.3 Å². The summed E-state index contributed by atoms with van der Waals surface area (Å²) in [6, 6.07) is 7.03. The molecule has 1 aliphatic heterocycles. The van der Waals surface area contributed by atoms with Crippen LogP contribution in [0.25, 0.3) is 0 Å². The lowest BCUT2D eigenvalue weighted by atomic mass is 10.1. The standard InChI is InChI=1S/C14H19ClN2O2/c15-13-3-1-12(2-4-13)14(19)11-17-7-5-16(6-8-17)9-10-18/h1-4,18H,5-11H2. The summed E-state index contributed by atoms with van der Waals surface area (Å²) in [5.74, 6) is 0.132. The van der Waals surface area contributed by atoms with Crippen molar-refractivity contribution in [3.05, 3.63) is 34.9 Å². The number of hydrogen-bond donors (Lipinski definition) is 1. The first kappa shape index (κ1) is 14.5. The van der Waals surface area contributed by atoms with Crippen LogP contribution in [0.2, 0.25) is 5.02 Å². The molecule has 1 saturated heterocycles. The number of nitrogens with zero attached hydrogens (tertiary/aromatic N) is 2. The molecule has 1 aromatic carbocycles. The number of β-amino-alcohol motifs (C(OH)–C–C–N with tert-alkyl or cyclic N) is 1. The molecule has 104 valence electrons. The van der Waals surface area contributed by atoms with Crippen LogP contribution in [0, 0.1) is 0 Å². The zero-order valence-corrected chi connectivity index (χ0v) is 11.6. The Labute approximate surface area is 118 Å². The van der Waals surface area contributed by atoms with E-state index in [9.17, 15) is 4.79 Å². The largest absolute Gasteiger partial charge is 0.395 e. The monoisotopic (exact) mass is 282 g/mol. The first-order valence-electron chi connectivity index (χ1n) is 6.53. The highest BCUT2D eigenvalue weighted by Gasteiger charge is 2.18. The minimum Gasteiger partial charge on any atom is -0.395 e. The van der Waals surface area contributed by atoms with E-state index in [1.807, 2.05) is 0 Å². The Morgan fingerprint density at radius 1 is 1.11 bits per heavy atom. The topological polar surface area (TPSA) is 43.8 Å². The minimum absolute atomic E-state index is 0.132. The number of rotatable bonds is 5. The summed E-state index contributed by atoms with van der Waals surface area (Å²) in [5.41, 5.74) is 0.710. The second-order valence-electron chi connectivity index (χ2n) is 4.77. The molecule has 0 radical (unpaired) electrons. The average molecular weight is 283 g/mol.